The quantitative estimate of drug-likeness (QED) is 0.910. The molecule has 0 bridgehead atoms. The van der Waals surface area contributed by atoms with Gasteiger partial charge in [0.1, 0.15) is 0 Å². The van der Waals surface area contributed by atoms with Crippen LogP contribution in [-0.2, 0) is 21.3 Å². The fourth-order valence-corrected chi connectivity index (χ4v) is 5.10. The highest BCUT2D eigenvalue weighted by Gasteiger charge is 2.32. The molecule has 0 aromatic carbocycles. The van der Waals surface area contributed by atoms with Gasteiger partial charge in [0.2, 0.25) is 10.0 Å². The Morgan fingerprint density at radius 2 is 2.05 bits per heavy atom. The van der Waals surface area contributed by atoms with Crippen LogP contribution in [0.1, 0.15) is 18.7 Å². The van der Waals surface area contributed by atoms with E-state index in [1.54, 1.807) is 11.4 Å². The summed E-state index contributed by atoms with van der Waals surface area (Å²) in [6, 6.07) is 1.75. The second kappa shape index (κ2) is 5.88. The Labute approximate surface area is 118 Å². The Morgan fingerprint density at radius 1 is 1.42 bits per heavy atom. The molecule has 1 fully saturated rings. The summed E-state index contributed by atoms with van der Waals surface area (Å²) in [7, 11) is -1.54. The van der Waals surface area contributed by atoms with Crippen molar-refractivity contribution in [2.45, 2.75) is 37.5 Å². The van der Waals surface area contributed by atoms with Crippen molar-refractivity contribution in [2.24, 2.45) is 0 Å². The van der Waals surface area contributed by atoms with Crippen LogP contribution < -0.4 is 5.32 Å². The normalized spacial score (nSPS) is 25.6. The van der Waals surface area contributed by atoms with E-state index in [9.17, 15) is 8.42 Å². The second-order valence-electron chi connectivity index (χ2n) is 4.86. The van der Waals surface area contributed by atoms with Gasteiger partial charge in [0.25, 0.3) is 0 Å². The minimum absolute atomic E-state index is 0.0612. The van der Waals surface area contributed by atoms with Crippen LogP contribution in [0.25, 0.3) is 0 Å². The van der Waals surface area contributed by atoms with Gasteiger partial charge in [0.15, 0.2) is 0 Å². The number of nitrogens with zero attached hydrogens (tertiary/aromatic N) is 1. The van der Waals surface area contributed by atoms with Crippen LogP contribution in [0.4, 0.5) is 0 Å². The lowest BCUT2D eigenvalue weighted by Gasteiger charge is -2.34. The molecule has 2 rings (SSSR count). The zero-order valence-corrected chi connectivity index (χ0v) is 13.1. The van der Waals surface area contributed by atoms with E-state index < -0.39 is 10.0 Å². The Balaban J connectivity index is 2.20. The van der Waals surface area contributed by atoms with Gasteiger partial charge < -0.3 is 10.1 Å². The molecule has 0 saturated carbocycles. The molecule has 1 N–H and O–H groups in total. The van der Waals surface area contributed by atoms with Gasteiger partial charge in [0, 0.05) is 29.9 Å². The molecule has 1 aliphatic rings. The molecule has 5 nitrogen and oxygen atoms in total. The number of morpholine rings is 1. The lowest BCUT2D eigenvalue weighted by molar-refractivity contribution is -0.0440. The zero-order valence-electron chi connectivity index (χ0n) is 11.4. The third-order valence-corrected chi connectivity index (χ3v) is 5.90. The fraction of sp³-hybridized carbons (Fsp3) is 0.667. The second-order valence-corrected chi connectivity index (χ2v) is 7.79. The minimum Gasteiger partial charge on any atom is -0.373 e. The molecule has 1 aromatic heterocycles. The van der Waals surface area contributed by atoms with Crippen LogP contribution in [0.5, 0.6) is 0 Å². The van der Waals surface area contributed by atoms with Crippen LogP contribution in [0, 0.1) is 0 Å². The van der Waals surface area contributed by atoms with E-state index in [-0.39, 0.29) is 12.2 Å². The predicted octanol–water partition coefficient (Wildman–Crippen LogP) is 1.27. The first-order valence-corrected chi connectivity index (χ1v) is 8.63. The molecule has 0 spiro atoms. The molecule has 1 aliphatic heterocycles. The van der Waals surface area contributed by atoms with Crippen LogP contribution in [0.2, 0.25) is 0 Å². The van der Waals surface area contributed by atoms with Crippen molar-refractivity contribution < 1.29 is 13.2 Å². The first-order valence-electron chi connectivity index (χ1n) is 6.31. The highest BCUT2D eigenvalue weighted by molar-refractivity contribution is 7.89. The van der Waals surface area contributed by atoms with Crippen molar-refractivity contribution in [3.8, 4) is 0 Å². The molecule has 1 saturated heterocycles. The molecule has 2 heterocycles. The highest BCUT2D eigenvalue weighted by Crippen LogP contribution is 2.25. The molecule has 1 aromatic rings. The van der Waals surface area contributed by atoms with Gasteiger partial charge in [-0.25, -0.2) is 8.42 Å². The largest absolute Gasteiger partial charge is 0.373 e. The molecule has 2 atom stereocenters. The smallest absolute Gasteiger partial charge is 0.244 e. The molecule has 0 radical (unpaired) electrons. The summed E-state index contributed by atoms with van der Waals surface area (Å²) in [5.41, 5.74) is 0. The van der Waals surface area contributed by atoms with Crippen molar-refractivity contribution >= 4 is 21.4 Å². The number of hydrogen-bond acceptors (Lipinski definition) is 5. The molecule has 108 valence electrons. The van der Waals surface area contributed by atoms with Gasteiger partial charge in [-0.05, 0) is 27.0 Å². The highest BCUT2D eigenvalue weighted by atomic mass is 32.2. The van der Waals surface area contributed by atoms with Gasteiger partial charge >= 0.3 is 0 Å². The van der Waals surface area contributed by atoms with Gasteiger partial charge in [0.05, 0.1) is 17.1 Å². The van der Waals surface area contributed by atoms with Crippen LogP contribution in [0.3, 0.4) is 0 Å². The fourth-order valence-electron chi connectivity index (χ4n) is 2.24. The van der Waals surface area contributed by atoms with Gasteiger partial charge in [-0.15, -0.1) is 11.3 Å². The van der Waals surface area contributed by atoms with Gasteiger partial charge in [-0.2, -0.15) is 4.31 Å². The maximum absolute atomic E-state index is 12.6. The molecule has 7 heteroatoms. The van der Waals surface area contributed by atoms with Crippen molar-refractivity contribution in [3.05, 3.63) is 16.3 Å². The Morgan fingerprint density at radius 3 is 2.63 bits per heavy atom. The molecule has 2 unspecified atom stereocenters. The van der Waals surface area contributed by atoms with E-state index in [4.69, 9.17) is 4.74 Å². The lowest BCUT2D eigenvalue weighted by atomic mass is 10.3. The summed E-state index contributed by atoms with van der Waals surface area (Å²) < 4.78 is 32.2. The van der Waals surface area contributed by atoms with Crippen molar-refractivity contribution in [3.63, 3.8) is 0 Å². The lowest BCUT2D eigenvalue weighted by Crippen LogP contribution is -2.47. The molecule has 19 heavy (non-hydrogen) atoms. The topological polar surface area (TPSA) is 58.6 Å². The summed E-state index contributed by atoms with van der Waals surface area (Å²) in [5.74, 6) is 0. The standard InChI is InChI=1S/C12H20N2O3S2/c1-9-6-14(7-10(2)17-9)19(15,16)12-4-11(5-13-3)18-8-12/h4,8-10,13H,5-7H2,1-3H3. The Bertz CT molecular complexity index is 517. The van der Waals surface area contributed by atoms with Gasteiger partial charge in [-0.1, -0.05) is 0 Å². The van der Waals surface area contributed by atoms with E-state index in [1.807, 2.05) is 20.9 Å². The van der Waals surface area contributed by atoms with Crippen molar-refractivity contribution in [1.82, 2.24) is 9.62 Å². The first-order chi connectivity index (χ1) is 8.93. The molecule has 0 aliphatic carbocycles. The van der Waals surface area contributed by atoms with E-state index in [1.165, 1.54) is 15.6 Å². The third-order valence-electron chi connectivity index (χ3n) is 3.00. The number of hydrogen-bond donors (Lipinski definition) is 1. The van der Waals surface area contributed by atoms with E-state index in [0.29, 0.717) is 24.5 Å². The zero-order chi connectivity index (χ0) is 14.0. The number of rotatable bonds is 4. The predicted molar refractivity (Wildman–Crippen MR) is 75.9 cm³/mol. The molecular weight excluding hydrogens is 284 g/mol. The summed E-state index contributed by atoms with van der Waals surface area (Å²) >= 11 is 1.47. The Kier molecular flexibility index (Phi) is 4.62. The number of ether oxygens (including phenoxy) is 1. The number of sulfonamides is 1. The monoisotopic (exact) mass is 304 g/mol. The van der Waals surface area contributed by atoms with Crippen LogP contribution in [-0.4, -0.2) is 45.1 Å². The number of thiophene rings is 1. The average Bonchev–Trinajstić information content (AvgIpc) is 2.77. The first kappa shape index (κ1) is 14.9. The summed E-state index contributed by atoms with van der Waals surface area (Å²) in [6.45, 7) is 5.33. The maximum Gasteiger partial charge on any atom is 0.244 e. The van der Waals surface area contributed by atoms with Crippen LogP contribution in [0.15, 0.2) is 16.3 Å². The van der Waals surface area contributed by atoms with E-state index >= 15 is 0 Å². The number of nitrogens with one attached hydrogen (secondary N) is 1. The SMILES string of the molecule is CNCc1cc(S(=O)(=O)N2CC(C)OC(C)C2)cs1. The van der Waals surface area contributed by atoms with Gasteiger partial charge in [-0.3, -0.25) is 0 Å². The molecular formula is C12H20N2O3S2. The van der Waals surface area contributed by atoms with Crippen molar-refractivity contribution in [2.75, 3.05) is 20.1 Å². The molecule has 0 amide bonds. The summed E-state index contributed by atoms with van der Waals surface area (Å²) in [5, 5.41) is 4.74. The Hall–Kier alpha value is -0.470. The average molecular weight is 304 g/mol. The van der Waals surface area contributed by atoms with Crippen molar-refractivity contribution in [1.29, 1.82) is 0 Å². The third kappa shape index (κ3) is 3.35. The van der Waals surface area contributed by atoms with E-state index in [0.717, 1.165) is 4.88 Å². The minimum atomic E-state index is -3.39. The van der Waals surface area contributed by atoms with Crippen LogP contribution >= 0.6 is 11.3 Å². The summed E-state index contributed by atoms with van der Waals surface area (Å²) in [6.07, 6.45) is -0.122. The van der Waals surface area contributed by atoms with E-state index in [2.05, 4.69) is 5.32 Å². The summed E-state index contributed by atoms with van der Waals surface area (Å²) in [4.78, 5) is 1.42. The maximum atomic E-state index is 12.6.